The van der Waals surface area contributed by atoms with Crippen molar-refractivity contribution in [1.82, 2.24) is 4.98 Å². The van der Waals surface area contributed by atoms with Crippen molar-refractivity contribution in [1.29, 1.82) is 0 Å². The predicted octanol–water partition coefficient (Wildman–Crippen LogP) is 1.23. The number of methoxy groups -OCH3 is 1. The monoisotopic (exact) mass is 225 g/mol. The van der Waals surface area contributed by atoms with E-state index in [-0.39, 0.29) is 6.42 Å². The molecule has 0 aliphatic carbocycles. The van der Waals surface area contributed by atoms with E-state index < -0.39 is 18.0 Å². The Labute approximate surface area is 93.7 Å². The summed E-state index contributed by atoms with van der Waals surface area (Å²) in [7, 11) is 1.50. The van der Waals surface area contributed by atoms with Gasteiger partial charge in [0, 0.05) is 12.3 Å². The number of aliphatic hydroxyl groups is 1. The van der Waals surface area contributed by atoms with E-state index in [2.05, 4.69) is 4.98 Å². The number of carboxylic acid groups (broad SMARTS) is 1. The third-order valence-electron chi connectivity index (χ3n) is 2.35. The van der Waals surface area contributed by atoms with Crippen LogP contribution >= 0.6 is 0 Å². The third kappa shape index (κ3) is 3.20. The highest BCUT2D eigenvalue weighted by atomic mass is 16.5. The van der Waals surface area contributed by atoms with E-state index in [4.69, 9.17) is 9.84 Å². The summed E-state index contributed by atoms with van der Waals surface area (Å²) >= 11 is 0. The molecule has 5 nitrogen and oxygen atoms in total. The van der Waals surface area contributed by atoms with E-state index in [1.165, 1.54) is 13.3 Å². The zero-order valence-electron chi connectivity index (χ0n) is 9.25. The molecule has 1 rings (SSSR count). The summed E-state index contributed by atoms with van der Waals surface area (Å²) in [5.41, 5.74) is 0.592. The molecule has 2 unspecified atom stereocenters. The molecule has 0 amide bonds. The van der Waals surface area contributed by atoms with Gasteiger partial charge in [0.1, 0.15) is 0 Å². The molecule has 0 saturated carbocycles. The second kappa shape index (κ2) is 5.46. The van der Waals surface area contributed by atoms with Crippen molar-refractivity contribution in [2.75, 3.05) is 7.11 Å². The Kier molecular flexibility index (Phi) is 4.25. The van der Waals surface area contributed by atoms with Crippen molar-refractivity contribution in [3.63, 3.8) is 0 Å². The molecular formula is C11H15NO4. The Morgan fingerprint density at radius 2 is 2.25 bits per heavy atom. The molecule has 2 atom stereocenters. The van der Waals surface area contributed by atoms with Crippen LogP contribution in [-0.4, -0.2) is 28.3 Å². The van der Waals surface area contributed by atoms with Gasteiger partial charge in [-0.05, 0) is 18.1 Å². The molecule has 1 aromatic rings. The molecule has 0 saturated heterocycles. The maximum atomic E-state index is 10.6. The number of rotatable bonds is 5. The molecule has 1 heterocycles. The van der Waals surface area contributed by atoms with Gasteiger partial charge in [-0.15, -0.1) is 0 Å². The number of carboxylic acids is 1. The van der Waals surface area contributed by atoms with Crippen molar-refractivity contribution in [3.8, 4) is 5.88 Å². The summed E-state index contributed by atoms with van der Waals surface area (Å²) in [5.74, 6) is -1.04. The fourth-order valence-corrected chi connectivity index (χ4v) is 1.28. The SMILES string of the molecule is COc1ccc(C(O)CC(C)C(=O)O)cn1. The first kappa shape index (κ1) is 12.4. The fraction of sp³-hybridized carbons (Fsp3) is 0.455. The Balaban J connectivity index is 2.65. The standard InChI is InChI=1S/C11H15NO4/c1-7(11(14)15)5-9(13)8-3-4-10(16-2)12-6-8/h3-4,6-7,9,13H,5H2,1-2H3,(H,14,15). The first-order valence-electron chi connectivity index (χ1n) is 4.95. The first-order valence-corrected chi connectivity index (χ1v) is 4.95. The van der Waals surface area contributed by atoms with E-state index in [0.717, 1.165) is 0 Å². The van der Waals surface area contributed by atoms with Crippen molar-refractivity contribution in [2.45, 2.75) is 19.4 Å². The predicted molar refractivity (Wildman–Crippen MR) is 57.2 cm³/mol. The van der Waals surface area contributed by atoms with Gasteiger partial charge < -0.3 is 14.9 Å². The molecule has 5 heteroatoms. The zero-order valence-corrected chi connectivity index (χ0v) is 9.25. The molecule has 16 heavy (non-hydrogen) atoms. The smallest absolute Gasteiger partial charge is 0.306 e. The van der Waals surface area contributed by atoms with Gasteiger partial charge in [0.2, 0.25) is 5.88 Å². The second-order valence-corrected chi connectivity index (χ2v) is 3.62. The van der Waals surface area contributed by atoms with Crippen LogP contribution in [0.1, 0.15) is 25.0 Å². The number of hydrogen-bond donors (Lipinski definition) is 2. The van der Waals surface area contributed by atoms with Crippen LogP contribution in [0, 0.1) is 5.92 Å². The van der Waals surface area contributed by atoms with Gasteiger partial charge in [-0.25, -0.2) is 4.98 Å². The largest absolute Gasteiger partial charge is 0.481 e. The van der Waals surface area contributed by atoms with Crippen LogP contribution in [0.3, 0.4) is 0 Å². The minimum atomic E-state index is -0.916. The van der Waals surface area contributed by atoms with Gasteiger partial charge in [0.05, 0.1) is 19.1 Å². The van der Waals surface area contributed by atoms with E-state index in [1.54, 1.807) is 19.1 Å². The van der Waals surface area contributed by atoms with Crippen LogP contribution in [-0.2, 0) is 4.79 Å². The van der Waals surface area contributed by atoms with Crippen molar-refractivity contribution < 1.29 is 19.7 Å². The molecule has 0 aliphatic rings. The number of aromatic nitrogens is 1. The molecule has 0 aromatic carbocycles. The summed E-state index contributed by atoms with van der Waals surface area (Å²) in [6.45, 7) is 1.56. The van der Waals surface area contributed by atoms with Gasteiger partial charge in [-0.3, -0.25) is 4.79 Å². The van der Waals surface area contributed by atoms with Gasteiger partial charge in [-0.1, -0.05) is 6.92 Å². The van der Waals surface area contributed by atoms with Crippen molar-refractivity contribution in [3.05, 3.63) is 23.9 Å². The van der Waals surface area contributed by atoms with Gasteiger partial charge in [-0.2, -0.15) is 0 Å². The topological polar surface area (TPSA) is 79.7 Å². The lowest BCUT2D eigenvalue weighted by Gasteiger charge is -2.13. The van der Waals surface area contributed by atoms with Gasteiger partial charge in [0.15, 0.2) is 0 Å². The van der Waals surface area contributed by atoms with Gasteiger partial charge >= 0.3 is 5.97 Å². The molecule has 0 radical (unpaired) electrons. The summed E-state index contributed by atoms with van der Waals surface area (Å²) in [5, 5.41) is 18.5. The minimum absolute atomic E-state index is 0.170. The molecule has 2 N–H and O–H groups in total. The molecule has 0 bridgehead atoms. The number of aliphatic carboxylic acids is 1. The second-order valence-electron chi connectivity index (χ2n) is 3.62. The Morgan fingerprint density at radius 1 is 1.56 bits per heavy atom. The average Bonchev–Trinajstić information content (AvgIpc) is 2.28. The third-order valence-corrected chi connectivity index (χ3v) is 2.35. The quantitative estimate of drug-likeness (QED) is 0.788. The lowest BCUT2D eigenvalue weighted by atomic mass is 9.99. The number of pyridine rings is 1. The summed E-state index contributed by atoms with van der Waals surface area (Å²) in [6.07, 6.45) is 0.839. The molecule has 0 aliphatic heterocycles. The normalized spacial score (nSPS) is 14.2. The van der Waals surface area contributed by atoms with Crippen molar-refractivity contribution in [2.24, 2.45) is 5.92 Å². The molecule has 0 spiro atoms. The highest BCUT2D eigenvalue weighted by molar-refractivity contribution is 5.69. The van der Waals surface area contributed by atoms with Crippen LogP contribution in [0.5, 0.6) is 5.88 Å². The van der Waals surface area contributed by atoms with E-state index in [0.29, 0.717) is 11.4 Å². The van der Waals surface area contributed by atoms with Crippen LogP contribution in [0.4, 0.5) is 0 Å². The van der Waals surface area contributed by atoms with Crippen LogP contribution in [0.2, 0.25) is 0 Å². The Hall–Kier alpha value is -1.62. The lowest BCUT2D eigenvalue weighted by Crippen LogP contribution is -2.13. The number of carbonyl (C=O) groups is 1. The van der Waals surface area contributed by atoms with Crippen LogP contribution < -0.4 is 4.74 Å². The van der Waals surface area contributed by atoms with E-state index in [1.807, 2.05) is 0 Å². The molecule has 88 valence electrons. The average molecular weight is 225 g/mol. The number of hydrogen-bond acceptors (Lipinski definition) is 4. The number of nitrogens with zero attached hydrogens (tertiary/aromatic N) is 1. The van der Waals surface area contributed by atoms with Crippen LogP contribution in [0.25, 0.3) is 0 Å². The Bertz CT molecular complexity index is 350. The highest BCUT2D eigenvalue weighted by Gasteiger charge is 2.17. The maximum absolute atomic E-state index is 10.6. The summed E-state index contributed by atoms with van der Waals surface area (Å²) in [6, 6.07) is 3.30. The molecular weight excluding hydrogens is 210 g/mol. The summed E-state index contributed by atoms with van der Waals surface area (Å²) < 4.78 is 4.88. The van der Waals surface area contributed by atoms with Crippen molar-refractivity contribution >= 4 is 5.97 Å². The lowest BCUT2D eigenvalue weighted by molar-refractivity contribution is -0.142. The maximum Gasteiger partial charge on any atom is 0.306 e. The molecule has 0 fully saturated rings. The van der Waals surface area contributed by atoms with Crippen LogP contribution in [0.15, 0.2) is 18.3 Å². The summed E-state index contributed by atoms with van der Waals surface area (Å²) in [4.78, 5) is 14.6. The molecule has 1 aromatic heterocycles. The highest BCUT2D eigenvalue weighted by Crippen LogP contribution is 2.21. The number of aliphatic hydroxyl groups excluding tert-OH is 1. The first-order chi connectivity index (χ1) is 7.54. The Morgan fingerprint density at radius 3 is 2.69 bits per heavy atom. The van der Waals surface area contributed by atoms with E-state index in [9.17, 15) is 9.90 Å². The zero-order chi connectivity index (χ0) is 12.1. The minimum Gasteiger partial charge on any atom is -0.481 e. The fourth-order valence-electron chi connectivity index (χ4n) is 1.28. The van der Waals surface area contributed by atoms with Gasteiger partial charge in [0.25, 0.3) is 0 Å². The van der Waals surface area contributed by atoms with E-state index >= 15 is 0 Å². The number of ether oxygens (including phenoxy) is 1.